The predicted octanol–water partition coefficient (Wildman–Crippen LogP) is 1.62. The van der Waals surface area contributed by atoms with Gasteiger partial charge in [0.1, 0.15) is 0 Å². The molecule has 0 aliphatic heterocycles. The molecule has 0 radical (unpaired) electrons. The first kappa shape index (κ1) is 12.5. The summed E-state index contributed by atoms with van der Waals surface area (Å²) in [5.74, 6) is 1.01. The second-order valence-electron chi connectivity index (χ2n) is 5.31. The van der Waals surface area contributed by atoms with Gasteiger partial charge < -0.3 is 10.6 Å². The van der Waals surface area contributed by atoms with Crippen LogP contribution in [0.15, 0.2) is 0 Å². The molecule has 0 saturated heterocycles. The smallest absolute Gasteiger partial charge is 0.225 e. The fourth-order valence-electron chi connectivity index (χ4n) is 2.40. The summed E-state index contributed by atoms with van der Waals surface area (Å²) in [7, 11) is 1.89. The third-order valence-electron chi connectivity index (χ3n) is 3.45. The summed E-state index contributed by atoms with van der Waals surface area (Å²) >= 11 is 0. The molecule has 1 aliphatic rings. The van der Waals surface area contributed by atoms with Crippen molar-refractivity contribution in [2.24, 2.45) is 17.6 Å². The summed E-state index contributed by atoms with van der Waals surface area (Å²) in [6.07, 6.45) is 2.93. The Balaban J connectivity index is 2.59. The fraction of sp³-hybridized carbons (Fsp3) is 0.917. The summed E-state index contributed by atoms with van der Waals surface area (Å²) in [5, 5.41) is 0. The second kappa shape index (κ2) is 4.97. The van der Waals surface area contributed by atoms with E-state index in [4.69, 9.17) is 5.73 Å². The van der Waals surface area contributed by atoms with Gasteiger partial charge in [0.15, 0.2) is 0 Å². The van der Waals surface area contributed by atoms with Gasteiger partial charge in [-0.15, -0.1) is 0 Å². The van der Waals surface area contributed by atoms with Crippen LogP contribution in [0.4, 0.5) is 0 Å². The summed E-state index contributed by atoms with van der Waals surface area (Å²) < 4.78 is 0. The molecule has 0 bridgehead atoms. The molecule has 1 rings (SSSR count). The molecule has 3 nitrogen and oxygen atoms in total. The first-order valence-corrected chi connectivity index (χ1v) is 5.94. The van der Waals surface area contributed by atoms with E-state index in [1.165, 1.54) is 0 Å². The molecule has 1 saturated carbocycles. The van der Waals surface area contributed by atoms with Crippen LogP contribution in [0.2, 0.25) is 0 Å². The first-order chi connectivity index (χ1) is 6.91. The van der Waals surface area contributed by atoms with Gasteiger partial charge in [0.2, 0.25) is 5.91 Å². The molecular weight excluding hydrogens is 188 g/mol. The second-order valence-corrected chi connectivity index (χ2v) is 5.31. The molecule has 1 fully saturated rings. The van der Waals surface area contributed by atoms with Crippen molar-refractivity contribution in [2.45, 2.75) is 52.1 Å². The van der Waals surface area contributed by atoms with Gasteiger partial charge in [0.25, 0.3) is 0 Å². The monoisotopic (exact) mass is 212 g/mol. The van der Waals surface area contributed by atoms with Gasteiger partial charge in [-0.2, -0.15) is 0 Å². The lowest BCUT2D eigenvalue weighted by molar-refractivity contribution is -0.137. The van der Waals surface area contributed by atoms with Crippen LogP contribution in [0.5, 0.6) is 0 Å². The summed E-state index contributed by atoms with van der Waals surface area (Å²) in [6, 6.07) is 0.495. The topological polar surface area (TPSA) is 46.3 Å². The average molecular weight is 212 g/mol. The van der Waals surface area contributed by atoms with Crippen molar-refractivity contribution in [3.05, 3.63) is 0 Å². The Bertz CT molecular complexity index is 218. The number of carbonyl (C=O) groups is 1. The lowest BCUT2D eigenvalue weighted by atomic mass is 9.79. The van der Waals surface area contributed by atoms with E-state index in [2.05, 4.69) is 6.92 Å². The molecule has 0 aromatic heterocycles. The molecule has 0 aromatic carbocycles. The van der Waals surface area contributed by atoms with Crippen molar-refractivity contribution in [2.75, 3.05) is 7.05 Å². The van der Waals surface area contributed by atoms with Crippen molar-refractivity contribution >= 4 is 5.91 Å². The molecule has 0 heterocycles. The third kappa shape index (κ3) is 3.20. The molecule has 1 amide bonds. The molecule has 0 aromatic rings. The Morgan fingerprint density at radius 2 is 1.93 bits per heavy atom. The van der Waals surface area contributed by atoms with Crippen LogP contribution in [0, 0.1) is 11.8 Å². The zero-order valence-corrected chi connectivity index (χ0v) is 10.4. The van der Waals surface area contributed by atoms with Gasteiger partial charge in [0, 0.05) is 25.0 Å². The highest BCUT2D eigenvalue weighted by molar-refractivity contribution is 5.79. The van der Waals surface area contributed by atoms with Crippen molar-refractivity contribution < 1.29 is 4.79 Å². The number of amides is 1. The van der Waals surface area contributed by atoms with Crippen LogP contribution < -0.4 is 5.73 Å². The van der Waals surface area contributed by atoms with Crippen molar-refractivity contribution in [3.8, 4) is 0 Å². The summed E-state index contributed by atoms with van der Waals surface area (Å²) in [4.78, 5) is 13.9. The number of hydrogen-bond acceptors (Lipinski definition) is 2. The maximum Gasteiger partial charge on any atom is 0.225 e. The standard InChI is InChI=1S/C12H24N2O/c1-8(2)14(4)12(15)10-5-9(3)6-11(13)7-10/h8-11H,5-7,13H2,1-4H3. The Morgan fingerprint density at radius 1 is 1.33 bits per heavy atom. The van der Waals surface area contributed by atoms with Crippen LogP contribution in [0.25, 0.3) is 0 Å². The molecule has 15 heavy (non-hydrogen) atoms. The summed E-state index contributed by atoms with van der Waals surface area (Å²) in [6.45, 7) is 6.28. The van der Waals surface area contributed by atoms with Gasteiger partial charge in [-0.3, -0.25) is 4.79 Å². The predicted molar refractivity (Wildman–Crippen MR) is 62.4 cm³/mol. The minimum atomic E-state index is 0.149. The van der Waals surface area contributed by atoms with E-state index >= 15 is 0 Å². The lowest BCUT2D eigenvalue weighted by Crippen LogP contribution is -2.43. The molecule has 0 spiro atoms. The zero-order chi connectivity index (χ0) is 11.6. The van der Waals surface area contributed by atoms with Crippen molar-refractivity contribution in [3.63, 3.8) is 0 Å². The fourth-order valence-corrected chi connectivity index (χ4v) is 2.40. The molecular formula is C12H24N2O. The highest BCUT2D eigenvalue weighted by Crippen LogP contribution is 2.29. The maximum atomic E-state index is 12.1. The van der Waals surface area contributed by atoms with Crippen LogP contribution >= 0.6 is 0 Å². The number of nitrogens with two attached hydrogens (primary N) is 1. The molecule has 2 N–H and O–H groups in total. The Kier molecular flexibility index (Phi) is 4.14. The molecule has 3 unspecified atom stereocenters. The average Bonchev–Trinajstić information content (AvgIpc) is 2.13. The highest BCUT2D eigenvalue weighted by Gasteiger charge is 2.31. The molecule has 88 valence electrons. The van der Waals surface area contributed by atoms with E-state index < -0.39 is 0 Å². The normalized spacial score (nSPS) is 31.7. The SMILES string of the molecule is CC1CC(N)CC(C(=O)N(C)C(C)C)C1. The van der Waals surface area contributed by atoms with E-state index in [-0.39, 0.29) is 23.9 Å². The number of carbonyl (C=O) groups excluding carboxylic acids is 1. The van der Waals surface area contributed by atoms with Crippen LogP contribution in [0.1, 0.15) is 40.0 Å². The maximum absolute atomic E-state index is 12.1. The van der Waals surface area contributed by atoms with Gasteiger partial charge in [-0.1, -0.05) is 6.92 Å². The number of hydrogen-bond donors (Lipinski definition) is 1. The molecule has 3 atom stereocenters. The zero-order valence-electron chi connectivity index (χ0n) is 10.4. The van der Waals surface area contributed by atoms with Gasteiger partial charge in [0.05, 0.1) is 0 Å². The van der Waals surface area contributed by atoms with Gasteiger partial charge in [-0.25, -0.2) is 0 Å². The van der Waals surface area contributed by atoms with E-state index in [0.717, 1.165) is 19.3 Å². The van der Waals surface area contributed by atoms with E-state index in [0.29, 0.717) is 5.92 Å². The van der Waals surface area contributed by atoms with E-state index in [1.54, 1.807) is 0 Å². The third-order valence-corrected chi connectivity index (χ3v) is 3.45. The van der Waals surface area contributed by atoms with E-state index in [9.17, 15) is 4.79 Å². The van der Waals surface area contributed by atoms with Gasteiger partial charge in [-0.05, 0) is 39.0 Å². The Morgan fingerprint density at radius 3 is 2.40 bits per heavy atom. The molecule has 3 heteroatoms. The van der Waals surface area contributed by atoms with Crippen molar-refractivity contribution in [1.29, 1.82) is 0 Å². The molecule has 1 aliphatic carbocycles. The quantitative estimate of drug-likeness (QED) is 0.756. The number of rotatable bonds is 2. The minimum absolute atomic E-state index is 0.149. The van der Waals surface area contributed by atoms with Crippen LogP contribution in [-0.2, 0) is 4.79 Å². The van der Waals surface area contributed by atoms with E-state index in [1.807, 2.05) is 25.8 Å². The highest BCUT2D eigenvalue weighted by atomic mass is 16.2. The summed E-state index contributed by atoms with van der Waals surface area (Å²) in [5.41, 5.74) is 5.96. The van der Waals surface area contributed by atoms with Crippen LogP contribution in [-0.4, -0.2) is 29.9 Å². The Labute approximate surface area is 93.0 Å². The van der Waals surface area contributed by atoms with Crippen LogP contribution in [0.3, 0.4) is 0 Å². The van der Waals surface area contributed by atoms with Crippen molar-refractivity contribution in [1.82, 2.24) is 4.90 Å². The first-order valence-electron chi connectivity index (χ1n) is 5.94. The van der Waals surface area contributed by atoms with Gasteiger partial charge >= 0.3 is 0 Å². The Hall–Kier alpha value is -0.570. The largest absolute Gasteiger partial charge is 0.343 e. The minimum Gasteiger partial charge on any atom is -0.343 e. The lowest BCUT2D eigenvalue weighted by Gasteiger charge is -2.34. The number of nitrogens with zero attached hydrogens (tertiary/aromatic N) is 1.